The zero-order chi connectivity index (χ0) is 18.8. The van der Waals surface area contributed by atoms with Crippen LogP contribution in [0.1, 0.15) is 18.4 Å². The first-order valence-corrected chi connectivity index (χ1v) is 9.26. The van der Waals surface area contributed by atoms with E-state index >= 15 is 0 Å². The van der Waals surface area contributed by atoms with Gasteiger partial charge in [-0.2, -0.15) is 0 Å². The molecule has 6 nitrogen and oxygen atoms in total. The van der Waals surface area contributed by atoms with Crippen molar-refractivity contribution in [3.8, 4) is 0 Å². The number of nitrogens with zero attached hydrogens (tertiary/aromatic N) is 4. The summed E-state index contributed by atoms with van der Waals surface area (Å²) in [7, 11) is 0. The van der Waals surface area contributed by atoms with Gasteiger partial charge in [0.05, 0.1) is 10.9 Å². The van der Waals surface area contributed by atoms with Crippen molar-refractivity contribution in [1.29, 1.82) is 0 Å². The van der Waals surface area contributed by atoms with E-state index in [2.05, 4.69) is 20.4 Å². The minimum atomic E-state index is -0.284. The lowest BCUT2D eigenvalue weighted by Gasteiger charge is -2.32. The quantitative estimate of drug-likeness (QED) is 0.747. The van der Waals surface area contributed by atoms with E-state index in [1.165, 1.54) is 12.1 Å². The number of piperidine rings is 1. The van der Waals surface area contributed by atoms with Crippen molar-refractivity contribution in [2.75, 3.05) is 18.0 Å². The number of rotatable bonds is 4. The summed E-state index contributed by atoms with van der Waals surface area (Å²) in [6.07, 6.45) is 3.59. The van der Waals surface area contributed by atoms with Gasteiger partial charge in [-0.05, 0) is 42.7 Å². The minimum absolute atomic E-state index is 0.00382. The molecule has 1 amide bonds. The summed E-state index contributed by atoms with van der Waals surface area (Å²) >= 11 is 6.17. The summed E-state index contributed by atoms with van der Waals surface area (Å²) in [5.41, 5.74) is 1.48. The van der Waals surface area contributed by atoms with Crippen LogP contribution in [0.25, 0.3) is 5.65 Å². The second-order valence-electron chi connectivity index (χ2n) is 6.68. The molecule has 1 aromatic carbocycles. The van der Waals surface area contributed by atoms with Gasteiger partial charge in [-0.1, -0.05) is 23.7 Å². The highest BCUT2D eigenvalue weighted by Crippen LogP contribution is 2.25. The molecular formula is C19H19ClFN5O. The third-order valence-corrected chi connectivity index (χ3v) is 5.12. The molecule has 3 aromatic rings. The number of aromatic nitrogens is 3. The molecule has 0 radical (unpaired) electrons. The summed E-state index contributed by atoms with van der Waals surface area (Å²) in [5, 5.41) is 11.9. The SMILES string of the molecule is O=C(NCc1ccc(F)cc1)C1CCCN(c2nnc3c(Cl)cccn23)C1. The van der Waals surface area contributed by atoms with Gasteiger partial charge in [0, 0.05) is 25.8 Å². The molecule has 0 saturated carbocycles. The van der Waals surface area contributed by atoms with Crippen LogP contribution < -0.4 is 10.2 Å². The predicted octanol–water partition coefficient (Wildman–Crippen LogP) is 3.05. The molecule has 1 aliphatic heterocycles. The van der Waals surface area contributed by atoms with Crippen molar-refractivity contribution in [1.82, 2.24) is 19.9 Å². The number of nitrogens with one attached hydrogen (secondary N) is 1. The molecule has 0 spiro atoms. The number of hydrogen-bond donors (Lipinski definition) is 1. The summed E-state index contributed by atoms with van der Waals surface area (Å²) < 4.78 is 14.8. The molecule has 4 rings (SSSR count). The van der Waals surface area contributed by atoms with Gasteiger partial charge in [0.2, 0.25) is 11.9 Å². The molecule has 1 N–H and O–H groups in total. The van der Waals surface area contributed by atoms with E-state index in [0.717, 1.165) is 24.9 Å². The van der Waals surface area contributed by atoms with Crippen LogP contribution in [-0.4, -0.2) is 33.6 Å². The summed E-state index contributed by atoms with van der Waals surface area (Å²) in [4.78, 5) is 14.7. The first-order valence-electron chi connectivity index (χ1n) is 8.88. The maximum atomic E-state index is 13.0. The van der Waals surface area contributed by atoms with Gasteiger partial charge in [-0.25, -0.2) is 4.39 Å². The topological polar surface area (TPSA) is 62.5 Å². The highest BCUT2D eigenvalue weighted by atomic mass is 35.5. The Hall–Kier alpha value is -2.67. The molecule has 1 atom stereocenters. The van der Waals surface area contributed by atoms with Crippen molar-refractivity contribution in [2.24, 2.45) is 5.92 Å². The average molecular weight is 388 g/mol. The van der Waals surface area contributed by atoms with E-state index in [1.54, 1.807) is 18.2 Å². The Morgan fingerprint density at radius 3 is 2.89 bits per heavy atom. The summed E-state index contributed by atoms with van der Waals surface area (Å²) in [5.74, 6) is 0.277. The van der Waals surface area contributed by atoms with Gasteiger partial charge in [-0.3, -0.25) is 9.20 Å². The minimum Gasteiger partial charge on any atom is -0.352 e. The molecule has 27 heavy (non-hydrogen) atoms. The molecule has 2 aromatic heterocycles. The summed E-state index contributed by atoms with van der Waals surface area (Å²) in [6, 6.07) is 9.76. The largest absolute Gasteiger partial charge is 0.352 e. The zero-order valence-corrected chi connectivity index (χ0v) is 15.4. The maximum absolute atomic E-state index is 13.0. The van der Waals surface area contributed by atoms with E-state index in [4.69, 9.17) is 11.6 Å². The lowest BCUT2D eigenvalue weighted by molar-refractivity contribution is -0.125. The number of pyridine rings is 1. The number of carbonyl (C=O) groups excluding carboxylic acids is 1. The van der Waals surface area contributed by atoms with Crippen molar-refractivity contribution in [3.05, 3.63) is 59.0 Å². The average Bonchev–Trinajstić information content (AvgIpc) is 3.13. The fourth-order valence-electron chi connectivity index (χ4n) is 3.40. The number of halogens is 2. The van der Waals surface area contributed by atoms with Gasteiger partial charge < -0.3 is 10.2 Å². The van der Waals surface area contributed by atoms with Crippen molar-refractivity contribution in [2.45, 2.75) is 19.4 Å². The zero-order valence-electron chi connectivity index (χ0n) is 14.6. The number of fused-ring (bicyclic) bond motifs is 1. The molecular weight excluding hydrogens is 369 g/mol. The smallest absolute Gasteiger partial charge is 0.231 e. The second-order valence-corrected chi connectivity index (χ2v) is 7.09. The van der Waals surface area contributed by atoms with Crippen molar-refractivity contribution < 1.29 is 9.18 Å². The lowest BCUT2D eigenvalue weighted by Crippen LogP contribution is -2.43. The molecule has 1 aliphatic rings. The third-order valence-electron chi connectivity index (χ3n) is 4.82. The molecule has 140 valence electrons. The van der Waals surface area contributed by atoms with Gasteiger partial charge in [0.15, 0.2) is 5.65 Å². The van der Waals surface area contributed by atoms with Gasteiger partial charge in [0.25, 0.3) is 0 Å². The van der Waals surface area contributed by atoms with Crippen LogP contribution in [0.4, 0.5) is 10.3 Å². The van der Waals surface area contributed by atoms with Gasteiger partial charge in [-0.15, -0.1) is 10.2 Å². The number of amides is 1. The Balaban J connectivity index is 1.43. The summed E-state index contributed by atoms with van der Waals surface area (Å²) in [6.45, 7) is 1.77. The molecule has 3 heterocycles. The van der Waals surface area contributed by atoms with Gasteiger partial charge >= 0.3 is 0 Å². The van der Waals surface area contributed by atoms with E-state index in [-0.39, 0.29) is 17.6 Å². The van der Waals surface area contributed by atoms with Crippen LogP contribution in [0.15, 0.2) is 42.6 Å². The van der Waals surface area contributed by atoms with Crippen molar-refractivity contribution in [3.63, 3.8) is 0 Å². The van der Waals surface area contributed by atoms with E-state index in [0.29, 0.717) is 29.7 Å². The first kappa shape index (κ1) is 17.7. The monoisotopic (exact) mass is 387 g/mol. The van der Waals surface area contributed by atoms with E-state index in [1.807, 2.05) is 16.7 Å². The molecule has 8 heteroatoms. The number of anilines is 1. The Bertz CT molecular complexity index is 958. The Kier molecular flexibility index (Phi) is 4.94. The molecule has 1 fully saturated rings. The molecule has 1 unspecified atom stereocenters. The lowest BCUT2D eigenvalue weighted by atomic mass is 9.97. The standard InChI is InChI=1S/C19H19ClFN5O/c20-16-4-2-10-26-17(16)23-24-19(26)25-9-1-3-14(12-25)18(27)22-11-13-5-7-15(21)8-6-13/h2,4-8,10,14H,1,3,9,11-12H2,(H,22,27). The normalized spacial score (nSPS) is 17.3. The van der Waals surface area contributed by atoms with Crippen molar-refractivity contribution >= 4 is 29.1 Å². The number of carbonyl (C=O) groups is 1. The van der Waals surface area contributed by atoms with Crippen LogP contribution in [0.2, 0.25) is 5.02 Å². The fourth-order valence-corrected chi connectivity index (χ4v) is 3.60. The molecule has 0 aliphatic carbocycles. The maximum Gasteiger partial charge on any atom is 0.231 e. The van der Waals surface area contributed by atoms with Crippen LogP contribution in [-0.2, 0) is 11.3 Å². The third kappa shape index (κ3) is 3.73. The fraction of sp³-hybridized carbons (Fsp3) is 0.316. The van der Waals surface area contributed by atoms with Crippen LogP contribution in [0, 0.1) is 11.7 Å². The van der Waals surface area contributed by atoms with Gasteiger partial charge in [0.1, 0.15) is 5.82 Å². The Labute approximate surface area is 161 Å². The van der Waals surface area contributed by atoms with E-state index < -0.39 is 0 Å². The van der Waals surface area contributed by atoms with Crippen LogP contribution in [0.3, 0.4) is 0 Å². The predicted molar refractivity (Wildman–Crippen MR) is 101 cm³/mol. The first-order chi connectivity index (χ1) is 13.1. The number of benzene rings is 1. The van der Waals surface area contributed by atoms with Crippen LogP contribution >= 0.6 is 11.6 Å². The van der Waals surface area contributed by atoms with E-state index in [9.17, 15) is 9.18 Å². The Morgan fingerprint density at radius 2 is 2.07 bits per heavy atom. The Morgan fingerprint density at radius 1 is 1.26 bits per heavy atom. The molecule has 1 saturated heterocycles. The molecule has 0 bridgehead atoms. The second kappa shape index (κ2) is 7.52. The highest BCUT2D eigenvalue weighted by molar-refractivity contribution is 6.33. The highest BCUT2D eigenvalue weighted by Gasteiger charge is 2.28. The van der Waals surface area contributed by atoms with Crippen LogP contribution in [0.5, 0.6) is 0 Å². The number of hydrogen-bond acceptors (Lipinski definition) is 4.